The molecule has 0 spiro atoms. The molecule has 0 aliphatic carbocycles. The average Bonchev–Trinajstić information content (AvgIpc) is 2.43. The number of hydrogen-bond donors (Lipinski definition) is 2. The molecule has 0 fully saturated rings. The minimum absolute atomic E-state index is 0.00459. The average molecular weight is 259 g/mol. The molecule has 2 N–H and O–H groups in total. The van der Waals surface area contributed by atoms with Gasteiger partial charge >= 0.3 is 0 Å². The van der Waals surface area contributed by atoms with Gasteiger partial charge < -0.3 is 15.2 Å². The third-order valence-corrected chi connectivity index (χ3v) is 3.36. The van der Waals surface area contributed by atoms with Crippen LogP contribution in [0.25, 0.3) is 10.9 Å². The highest BCUT2D eigenvalue weighted by Gasteiger charge is 2.02. The number of nitrogens with one attached hydrogen (secondary N) is 2. The van der Waals surface area contributed by atoms with Crippen LogP contribution in [0.1, 0.15) is 12.5 Å². The number of likely N-dealkylation sites (N-methyl/N-ethyl adjacent to an activating group) is 1. The van der Waals surface area contributed by atoms with Gasteiger partial charge in [-0.05, 0) is 31.1 Å². The van der Waals surface area contributed by atoms with Crippen molar-refractivity contribution in [3.05, 3.63) is 46.2 Å². The van der Waals surface area contributed by atoms with Gasteiger partial charge in [0, 0.05) is 30.7 Å². The molecular formula is C15H21N3O. The Morgan fingerprint density at radius 3 is 2.89 bits per heavy atom. The van der Waals surface area contributed by atoms with Crippen LogP contribution in [0.2, 0.25) is 0 Å². The van der Waals surface area contributed by atoms with E-state index in [-0.39, 0.29) is 5.56 Å². The van der Waals surface area contributed by atoms with Crippen LogP contribution in [0.5, 0.6) is 0 Å². The molecule has 1 aromatic carbocycles. The maximum atomic E-state index is 11.9. The number of aromatic amines is 1. The fourth-order valence-electron chi connectivity index (χ4n) is 1.97. The molecule has 0 saturated heterocycles. The Kier molecular flexibility index (Phi) is 4.71. The summed E-state index contributed by atoms with van der Waals surface area (Å²) >= 11 is 0. The van der Waals surface area contributed by atoms with E-state index in [0.717, 1.165) is 36.1 Å². The molecule has 0 saturated carbocycles. The third kappa shape index (κ3) is 3.66. The smallest absolute Gasteiger partial charge is 0.252 e. The van der Waals surface area contributed by atoms with Crippen molar-refractivity contribution in [2.45, 2.75) is 13.5 Å². The first-order valence-corrected chi connectivity index (χ1v) is 6.71. The highest BCUT2D eigenvalue weighted by Crippen LogP contribution is 2.09. The highest BCUT2D eigenvalue weighted by molar-refractivity contribution is 5.78. The van der Waals surface area contributed by atoms with E-state index in [2.05, 4.69) is 29.2 Å². The van der Waals surface area contributed by atoms with Crippen molar-refractivity contribution in [3.63, 3.8) is 0 Å². The Bertz CT molecular complexity index is 591. The van der Waals surface area contributed by atoms with Crippen LogP contribution < -0.4 is 10.9 Å². The van der Waals surface area contributed by atoms with Gasteiger partial charge in [0.05, 0.1) is 0 Å². The molecule has 0 bridgehead atoms. The summed E-state index contributed by atoms with van der Waals surface area (Å²) in [6.45, 7) is 5.66. The zero-order valence-electron chi connectivity index (χ0n) is 11.6. The Morgan fingerprint density at radius 2 is 2.11 bits per heavy atom. The predicted octanol–water partition coefficient (Wildman–Crippen LogP) is 1.57. The molecule has 19 heavy (non-hydrogen) atoms. The van der Waals surface area contributed by atoms with Crippen LogP contribution in [0, 0.1) is 0 Å². The van der Waals surface area contributed by atoms with Crippen LogP contribution in [0.15, 0.2) is 35.1 Å². The third-order valence-electron chi connectivity index (χ3n) is 3.36. The van der Waals surface area contributed by atoms with Gasteiger partial charge in [-0.3, -0.25) is 4.79 Å². The summed E-state index contributed by atoms with van der Waals surface area (Å²) in [4.78, 5) is 17.1. The van der Waals surface area contributed by atoms with Crippen LogP contribution in [-0.2, 0) is 6.54 Å². The van der Waals surface area contributed by atoms with E-state index in [1.165, 1.54) is 0 Å². The normalized spacial score (nSPS) is 11.3. The molecule has 0 unspecified atom stereocenters. The fourth-order valence-corrected chi connectivity index (χ4v) is 1.97. The first-order valence-electron chi connectivity index (χ1n) is 6.71. The molecular weight excluding hydrogens is 238 g/mol. The van der Waals surface area contributed by atoms with Crippen molar-refractivity contribution in [2.24, 2.45) is 0 Å². The molecule has 0 aliphatic heterocycles. The number of benzene rings is 1. The second-order valence-electron chi connectivity index (χ2n) is 4.78. The van der Waals surface area contributed by atoms with Crippen molar-refractivity contribution in [2.75, 3.05) is 26.7 Å². The van der Waals surface area contributed by atoms with Crippen LogP contribution in [-0.4, -0.2) is 36.6 Å². The van der Waals surface area contributed by atoms with Crippen molar-refractivity contribution >= 4 is 10.9 Å². The molecule has 102 valence electrons. The van der Waals surface area contributed by atoms with E-state index in [1.807, 2.05) is 30.3 Å². The van der Waals surface area contributed by atoms with Crippen molar-refractivity contribution in [1.29, 1.82) is 0 Å². The minimum Gasteiger partial charge on any atom is -0.322 e. The molecule has 0 amide bonds. The zero-order valence-corrected chi connectivity index (χ0v) is 11.6. The minimum atomic E-state index is -0.00459. The maximum Gasteiger partial charge on any atom is 0.252 e. The molecule has 0 radical (unpaired) electrons. The molecule has 2 aromatic rings. The van der Waals surface area contributed by atoms with E-state index >= 15 is 0 Å². The number of rotatable bonds is 6. The Balaban J connectivity index is 2.00. The van der Waals surface area contributed by atoms with E-state index in [4.69, 9.17) is 0 Å². The number of hydrogen-bond acceptors (Lipinski definition) is 3. The molecule has 0 atom stereocenters. The summed E-state index contributed by atoms with van der Waals surface area (Å²) in [6.07, 6.45) is 0. The van der Waals surface area contributed by atoms with E-state index in [1.54, 1.807) is 0 Å². The molecule has 2 rings (SSSR count). The molecule has 4 nitrogen and oxygen atoms in total. The van der Waals surface area contributed by atoms with Gasteiger partial charge in [-0.15, -0.1) is 0 Å². The van der Waals surface area contributed by atoms with Crippen LogP contribution in [0.3, 0.4) is 0 Å². The lowest BCUT2D eigenvalue weighted by Gasteiger charge is -2.13. The van der Waals surface area contributed by atoms with E-state index < -0.39 is 0 Å². The SMILES string of the molecule is CCN(C)CCNCc1cc2ccccc2[nH]c1=O. The maximum absolute atomic E-state index is 11.9. The molecule has 1 heterocycles. The Labute approximate surface area is 113 Å². The largest absolute Gasteiger partial charge is 0.322 e. The summed E-state index contributed by atoms with van der Waals surface area (Å²) in [5, 5.41) is 4.38. The molecule has 0 aliphatic rings. The van der Waals surface area contributed by atoms with Gasteiger partial charge in [0.15, 0.2) is 0 Å². The Morgan fingerprint density at radius 1 is 1.32 bits per heavy atom. The lowest BCUT2D eigenvalue weighted by Crippen LogP contribution is -2.30. The zero-order chi connectivity index (χ0) is 13.7. The number of nitrogens with zero attached hydrogens (tertiary/aromatic N) is 1. The second kappa shape index (κ2) is 6.50. The lowest BCUT2D eigenvalue weighted by atomic mass is 10.1. The van der Waals surface area contributed by atoms with Crippen molar-refractivity contribution in [1.82, 2.24) is 15.2 Å². The number of para-hydroxylation sites is 1. The number of aromatic nitrogens is 1. The first kappa shape index (κ1) is 13.8. The molecule has 1 aromatic heterocycles. The van der Waals surface area contributed by atoms with E-state index in [9.17, 15) is 4.79 Å². The molecule has 4 heteroatoms. The number of H-pyrrole nitrogens is 1. The number of pyridine rings is 1. The van der Waals surface area contributed by atoms with Gasteiger partial charge in [0.25, 0.3) is 5.56 Å². The van der Waals surface area contributed by atoms with Gasteiger partial charge in [-0.25, -0.2) is 0 Å². The topological polar surface area (TPSA) is 48.1 Å². The summed E-state index contributed by atoms with van der Waals surface area (Å²) in [7, 11) is 2.09. The Hall–Kier alpha value is -1.65. The summed E-state index contributed by atoms with van der Waals surface area (Å²) in [5.74, 6) is 0. The fraction of sp³-hybridized carbons (Fsp3) is 0.400. The monoisotopic (exact) mass is 259 g/mol. The number of fused-ring (bicyclic) bond motifs is 1. The second-order valence-corrected chi connectivity index (χ2v) is 4.78. The summed E-state index contributed by atoms with van der Waals surface area (Å²) in [5.41, 5.74) is 1.68. The van der Waals surface area contributed by atoms with E-state index in [0.29, 0.717) is 6.54 Å². The van der Waals surface area contributed by atoms with Crippen LogP contribution >= 0.6 is 0 Å². The standard InChI is InChI=1S/C15H21N3O/c1-3-18(2)9-8-16-11-13-10-12-6-4-5-7-14(12)17-15(13)19/h4-7,10,16H,3,8-9,11H2,1-2H3,(H,17,19). The van der Waals surface area contributed by atoms with Gasteiger partial charge in [0.2, 0.25) is 0 Å². The van der Waals surface area contributed by atoms with Gasteiger partial charge in [0.1, 0.15) is 0 Å². The first-order chi connectivity index (χ1) is 9.20. The van der Waals surface area contributed by atoms with Crippen molar-refractivity contribution in [3.8, 4) is 0 Å². The van der Waals surface area contributed by atoms with Crippen molar-refractivity contribution < 1.29 is 0 Å². The quantitative estimate of drug-likeness (QED) is 0.774. The predicted molar refractivity (Wildman–Crippen MR) is 79.4 cm³/mol. The summed E-state index contributed by atoms with van der Waals surface area (Å²) < 4.78 is 0. The highest BCUT2D eigenvalue weighted by atomic mass is 16.1. The van der Waals surface area contributed by atoms with Crippen LogP contribution in [0.4, 0.5) is 0 Å². The van der Waals surface area contributed by atoms with Gasteiger partial charge in [-0.1, -0.05) is 25.1 Å². The summed E-state index contributed by atoms with van der Waals surface area (Å²) in [6, 6.07) is 9.80. The van der Waals surface area contributed by atoms with Gasteiger partial charge in [-0.2, -0.15) is 0 Å². The lowest BCUT2D eigenvalue weighted by molar-refractivity contribution is 0.349.